The highest BCUT2D eigenvalue weighted by molar-refractivity contribution is 7.97. The standard InChI is InChI=1S/C25H31PSi/c1-4-27(5-2,6-3)22-26(23-16-10-7-11-17-23,24-18-12-8-13-19-24)25-20-14-9-15-21-25/h7-22H,4-6H2,1-3H3. The topological polar surface area (TPSA) is 0 Å². The Hall–Kier alpha value is -1.82. The van der Waals surface area contributed by atoms with Crippen molar-refractivity contribution in [2.75, 3.05) is 0 Å². The van der Waals surface area contributed by atoms with Crippen molar-refractivity contribution in [2.24, 2.45) is 0 Å². The van der Waals surface area contributed by atoms with Crippen LogP contribution in [0.15, 0.2) is 91.0 Å². The second-order valence-electron chi connectivity index (χ2n) is 7.28. The van der Waals surface area contributed by atoms with E-state index in [2.05, 4.69) is 117 Å². The summed E-state index contributed by atoms with van der Waals surface area (Å²) in [5.74, 6) is 0. The summed E-state index contributed by atoms with van der Waals surface area (Å²) in [6.45, 7) is 5.44. The largest absolute Gasteiger partial charge is 0.0841 e. The number of rotatable bonds is 7. The van der Waals surface area contributed by atoms with Crippen molar-refractivity contribution in [3.8, 4) is 0 Å². The van der Waals surface area contributed by atoms with Crippen molar-refractivity contribution in [2.45, 2.75) is 38.9 Å². The van der Waals surface area contributed by atoms with Gasteiger partial charge in [0.15, 0.2) is 0 Å². The Balaban J connectivity index is 2.48. The van der Waals surface area contributed by atoms with Gasteiger partial charge in [0.05, 0.1) is 8.07 Å². The van der Waals surface area contributed by atoms with Crippen LogP contribution in [0.5, 0.6) is 0 Å². The van der Waals surface area contributed by atoms with Crippen molar-refractivity contribution in [1.29, 1.82) is 0 Å². The molecule has 0 atom stereocenters. The van der Waals surface area contributed by atoms with Crippen molar-refractivity contribution in [3.05, 3.63) is 91.0 Å². The minimum absolute atomic E-state index is 1.31. The highest BCUT2D eigenvalue weighted by Crippen LogP contribution is 2.46. The van der Waals surface area contributed by atoms with Crippen LogP contribution >= 0.6 is 6.89 Å². The first-order chi connectivity index (χ1) is 13.2. The van der Waals surface area contributed by atoms with Crippen molar-refractivity contribution in [1.82, 2.24) is 0 Å². The molecule has 27 heavy (non-hydrogen) atoms. The maximum atomic E-state index is 2.90. The van der Waals surface area contributed by atoms with Gasteiger partial charge in [0, 0.05) is 0 Å². The van der Waals surface area contributed by atoms with E-state index >= 15 is 0 Å². The molecule has 0 saturated carbocycles. The third-order valence-corrected chi connectivity index (χ3v) is 17.4. The molecule has 0 N–H and O–H groups in total. The van der Waals surface area contributed by atoms with Crippen molar-refractivity contribution >= 4 is 36.3 Å². The molecule has 0 unspecified atom stereocenters. The molecule has 2 heteroatoms. The lowest BCUT2D eigenvalue weighted by Crippen LogP contribution is -2.39. The molecule has 0 bridgehead atoms. The van der Waals surface area contributed by atoms with E-state index in [0.29, 0.717) is 0 Å². The molecule has 0 aliphatic carbocycles. The lowest BCUT2D eigenvalue weighted by molar-refractivity contribution is 1.21. The number of benzene rings is 3. The van der Waals surface area contributed by atoms with Crippen LogP contribution in [0.2, 0.25) is 18.1 Å². The van der Waals surface area contributed by atoms with Crippen LogP contribution in [0.1, 0.15) is 20.8 Å². The van der Waals surface area contributed by atoms with Crippen LogP contribution in [-0.4, -0.2) is 13.5 Å². The van der Waals surface area contributed by atoms with Gasteiger partial charge in [0.25, 0.3) is 0 Å². The molecule has 0 nitrogen and oxygen atoms in total. The Labute approximate surface area is 166 Å². The van der Waals surface area contributed by atoms with E-state index < -0.39 is 15.0 Å². The smallest absolute Gasteiger partial charge is 0.0783 e. The third kappa shape index (κ3) is 3.91. The molecule has 0 aromatic heterocycles. The van der Waals surface area contributed by atoms with Crippen LogP contribution in [0.3, 0.4) is 0 Å². The fourth-order valence-corrected chi connectivity index (χ4v) is 15.7. The number of hydrogen-bond donors (Lipinski definition) is 0. The lowest BCUT2D eigenvalue weighted by atomic mass is 10.4. The summed E-state index contributed by atoms with van der Waals surface area (Å²) in [6, 6.07) is 37.7. The minimum atomic E-state index is -1.79. The Bertz CT molecular complexity index is 770. The molecule has 0 amide bonds. The molecule has 0 saturated heterocycles. The molecule has 140 valence electrons. The first-order valence-electron chi connectivity index (χ1n) is 10.1. The van der Waals surface area contributed by atoms with Gasteiger partial charge >= 0.3 is 0 Å². The van der Waals surface area contributed by atoms with Gasteiger partial charge in [-0.15, -0.1) is 0 Å². The minimum Gasteiger partial charge on any atom is -0.0841 e. The highest BCUT2D eigenvalue weighted by Gasteiger charge is 2.32. The van der Waals surface area contributed by atoms with Crippen molar-refractivity contribution in [3.63, 3.8) is 0 Å². The van der Waals surface area contributed by atoms with Gasteiger partial charge in [-0.05, 0) is 22.8 Å². The summed E-state index contributed by atoms with van der Waals surface area (Å²) >= 11 is 0. The van der Waals surface area contributed by atoms with E-state index in [1.807, 2.05) is 0 Å². The first-order valence-corrected chi connectivity index (χ1v) is 14.7. The molecule has 3 aromatic rings. The van der Waals surface area contributed by atoms with E-state index in [0.717, 1.165) is 0 Å². The van der Waals surface area contributed by atoms with E-state index in [1.54, 1.807) is 0 Å². The van der Waals surface area contributed by atoms with E-state index in [9.17, 15) is 0 Å². The zero-order valence-corrected chi connectivity index (χ0v) is 18.7. The van der Waals surface area contributed by atoms with Crippen LogP contribution in [0.25, 0.3) is 0 Å². The second kappa shape index (κ2) is 8.91. The summed E-state index contributed by atoms with van der Waals surface area (Å²) in [6.07, 6.45) is 0. The van der Waals surface area contributed by atoms with Crippen molar-refractivity contribution < 1.29 is 0 Å². The quantitative estimate of drug-likeness (QED) is 0.352. The van der Waals surface area contributed by atoms with Crippen LogP contribution in [0.4, 0.5) is 0 Å². The third-order valence-electron chi connectivity index (χ3n) is 6.07. The predicted octanol–water partition coefficient (Wildman–Crippen LogP) is 5.83. The summed E-state index contributed by atoms with van der Waals surface area (Å²) in [4.78, 5) is 0. The molecule has 0 fully saturated rings. The average Bonchev–Trinajstić information content (AvgIpc) is 2.77. The summed E-state index contributed by atoms with van der Waals surface area (Å²) < 4.78 is 0. The molecule has 0 radical (unpaired) electrons. The summed E-state index contributed by atoms with van der Waals surface area (Å²) in [5.41, 5.74) is 2.90. The summed E-state index contributed by atoms with van der Waals surface area (Å²) in [5, 5.41) is 4.44. The van der Waals surface area contributed by atoms with Crippen LogP contribution < -0.4 is 15.9 Å². The first kappa shape index (κ1) is 19.9. The Morgan fingerprint density at radius 2 is 0.852 bits per heavy atom. The van der Waals surface area contributed by atoms with Gasteiger partial charge in [-0.3, -0.25) is 0 Å². The SMILES string of the molecule is CC[Si](C=P(c1ccccc1)(c1ccccc1)c1ccccc1)(CC)CC. The Morgan fingerprint density at radius 3 is 1.11 bits per heavy atom. The molecular formula is C25H31PSi. The lowest BCUT2D eigenvalue weighted by Gasteiger charge is -2.35. The molecule has 3 aromatic carbocycles. The average molecular weight is 391 g/mol. The Kier molecular flexibility index (Phi) is 6.58. The van der Waals surface area contributed by atoms with Crippen LogP contribution in [0, 0.1) is 0 Å². The zero-order chi connectivity index (χ0) is 19.2. The molecule has 0 spiro atoms. The van der Waals surface area contributed by atoms with Gasteiger partial charge in [0.1, 0.15) is 0 Å². The molecule has 3 rings (SSSR count). The van der Waals surface area contributed by atoms with Gasteiger partial charge in [0.2, 0.25) is 0 Å². The number of hydrogen-bond acceptors (Lipinski definition) is 0. The maximum absolute atomic E-state index is 2.90. The van der Waals surface area contributed by atoms with Gasteiger partial charge < -0.3 is 0 Å². The maximum Gasteiger partial charge on any atom is 0.0783 e. The van der Waals surface area contributed by atoms with Gasteiger partial charge in [-0.1, -0.05) is 135 Å². The molecule has 0 aliphatic heterocycles. The van der Waals surface area contributed by atoms with E-state index in [-0.39, 0.29) is 0 Å². The zero-order valence-electron chi connectivity index (χ0n) is 16.8. The predicted molar refractivity (Wildman–Crippen MR) is 128 cm³/mol. The van der Waals surface area contributed by atoms with Gasteiger partial charge in [-0.25, -0.2) is 0 Å². The molecule has 0 aliphatic rings. The van der Waals surface area contributed by atoms with E-state index in [4.69, 9.17) is 0 Å². The molecular weight excluding hydrogens is 359 g/mol. The van der Waals surface area contributed by atoms with Gasteiger partial charge in [-0.2, -0.15) is 0 Å². The normalized spacial score (nSPS) is 12.0. The Morgan fingerprint density at radius 1 is 0.556 bits per heavy atom. The second-order valence-corrected chi connectivity index (χ2v) is 16.2. The summed E-state index contributed by atoms with van der Waals surface area (Å²) in [7, 11) is -1.48. The fourth-order valence-electron chi connectivity index (χ4n) is 4.09. The monoisotopic (exact) mass is 390 g/mol. The highest BCUT2D eigenvalue weighted by atomic mass is 31.2. The molecule has 0 heterocycles. The van der Waals surface area contributed by atoms with E-state index in [1.165, 1.54) is 34.0 Å². The van der Waals surface area contributed by atoms with Crippen LogP contribution in [-0.2, 0) is 0 Å². The fraction of sp³-hybridized carbons (Fsp3) is 0.240.